The lowest BCUT2D eigenvalue weighted by atomic mass is 9.93. The molecule has 1 aliphatic carbocycles. The maximum atomic E-state index is 12.8. The zero-order valence-electron chi connectivity index (χ0n) is 19.2. The average Bonchev–Trinajstić information content (AvgIpc) is 2.77. The van der Waals surface area contributed by atoms with E-state index in [-0.39, 0.29) is 17.0 Å². The zero-order chi connectivity index (χ0) is 23.6. The minimum Gasteiger partial charge on any atom is -0.378 e. The van der Waals surface area contributed by atoms with Crippen molar-refractivity contribution in [2.24, 2.45) is 0 Å². The number of ether oxygens (including phenoxy) is 1. The number of sulfonamides is 1. The summed E-state index contributed by atoms with van der Waals surface area (Å²) in [5.41, 5.74) is -0.857. The predicted molar refractivity (Wildman–Crippen MR) is 120 cm³/mol. The molecule has 1 aliphatic rings. The SMILES string of the molecule is CCCCCNCCCCO[C@H]1CC[C@H](N(C)S(=O)(=O)c2ccc(C(F)(F)F)cc2)CC1. The Morgan fingerprint density at radius 2 is 1.59 bits per heavy atom. The van der Waals surface area contributed by atoms with Crippen molar-refractivity contribution in [2.45, 2.75) is 87.9 Å². The quantitative estimate of drug-likeness (QED) is 0.395. The molecule has 0 amide bonds. The summed E-state index contributed by atoms with van der Waals surface area (Å²) in [5, 5.41) is 3.44. The number of halogens is 3. The molecule has 0 aliphatic heterocycles. The minimum absolute atomic E-state index is 0.116. The first-order valence-corrected chi connectivity index (χ1v) is 13.1. The van der Waals surface area contributed by atoms with Crippen LogP contribution in [0.15, 0.2) is 29.2 Å². The second kappa shape index (κ2) is 12.9. The second-order valence-corrected chi connectivity index (χ2v) is 10.5. The molecule has 0 heterocycles. The molecule has 0 radical (unpaired) electrons. The van der Waals surface area contributed by atoms with Crippen LogP contribution in [0.2, 0.25) is 0 Å². The Bertz CT molecular complexity index is 762. The van der Waals surface area contributed by atoms with Gasteiger partial charge in [-0.25, -0.2) is 8.42 Å². The number of benzene rings is 1. The van der Waals surface area contributed by atoms with E-state index in [1.807, 2.05) is 0 Å². The fraction of sp³-hybridized carbons (Fsp3) is 0.739. The number of nitrogens with one attached hydrogen (secondary N) is 1. The number of nitrogens with zero attached hydrogens (tertiary/aromatic N) is 1. The van der Waals surface area contributed by atoms with E-state index in [9.17, 15) is 21.6 Å². The van der Waals surface area contributed by atoms with Crippen LogP contribution in [0.25, 0.3) is 0 Å². The summed E-state index contributed by atoms with van der Waals surface area (Å²) >= 11 is 0. The summed E-state index contributed by atoms with van der Waals surface area (Å²) in [6.45, 7) is 4.99. The molecule has 0 unspecified atom stereocenters. The van der Waals surface area contributed by atoms with Crippen LogP contribution in [-0.2, 0) is 20.9 Å². The summed E-state index contributed by atoms with van der Waals surface area (Å²) in [5.74, 6) is 0. The highest BCUT2D eigenvalue weighted by molar-refractivity contribution is 7.89. The summed E-state index contributed by atoms with van der Waals surface area (Å²) in [7, 11) is -2.33. The third-order valence-electron chi connectivity index (χ3n) is 6.08. The lowest BCUT2D eigenvalue weighted by Crippen LogP contribution is -2.40. The Kier molecular flexibility index (Phi) is 10.9. The van der Waals surface area contributed by atoms with Gasteiger partial charge in [-0.2, -0.15) is 17.5 Å². The van der Waals surface area contributed by atoms with Gasteiger partial charge in [0, 0.05) is 19.7 Å². The third-order valence-corrected chi connectivity index (χ3v) is 8.00. The summed E-state index contributed by atoms with van der Waals surface area (Å²) in [6, 6.07) is 3.51. The topological polar surface area (TPSA) is 58.6 Å². The van der Waals surface area contributed by atoms with E-state index in [2.05, 4.69) is 12.2 Å². The van der Waals surface area contributed by atoms with Crippen molar-refractivity contribution < 1.29 is 26.3 Å². The number of rotatable bonds is 13. The van der Waals surface area contributed by atoms with Crippen molar-refractivity contribution >= 4 is 10.0 Å². The number of alkyl halides is 3. The Morgan fingerprint density at radius 3 is 2.16 bits per heavy atom. The van der Waals surface area contributed by atoms with E-state index in [0.29, 0.717) is 19.4 Å². The van der Waals surface area contributed by atoms with Gasteiger partial charge >= 0.3 is 6.18 Å². The van der Waals surface area contributed by atoms with Crippen LogP contribution in [0, 0.1) is 0 Å². The van der Waals surface area contributed by atoms with Gasteiger partial charge in [-0.15, -0.1) is 0 Å². The van der Waals surface area contributed by atoms with E-state index in [4.69, 9.17) is 4.74 Å². The Labute approximate surface area is 190 Å². The van der Waals surface area contributed by atoms with Crippen LogP contribution in [0.4, 0.5) is 13.2 Å². The van der Waals surface area contributed by atoms with E-state index in [0.717, 1.165) is 63.0 Å². The average molecular weight is 479 g/mol. The summed E-state index contributed by atoms with van der Waals surface area (Å²) < 4.78 is 71.1. The highest BCUT2D eigenvalue weighted by atomic mass is 32.2. The smallest absolute Gasteiger partial charge is 0.378 e. The molecular weight excluding hydrogens is 441 g/mol. The van der Waals surface area contributed by atoms with Crippen molar-refractivity contribution in [3.63, 3.8) is 0 Å². The fourth-order valence-corrected chi connectivity index (χ4v) is 5.40. The monoisotopic (exact) mass is 478 g/mol. The lowest BCUT2D eigenvalue weighted by Gasteiger charge is -2.34. The molecule has 1 aromatic rings. The molecule has 1 aromatic carbocycles. The molecule has 0 saturated heterocycles. The molecular formula is C23H37F3N2O3S. The summed E-state index contributed by atoms with van der Waals surface area (Å²) in [4.78, 5) is -0.116. The highest BCUT2D eigenvalue weighted by Gasteiger charge is 2.34. The first kappa shape index (κ1) is 27.1. The first-order valence-electron chi connectivity index (χ1n) is 11.6. The standard InChI is InChI=1S/C23H37F3N2O3S/c1-3-4-5-16-27-17-6-7-18-31-21-12-10-20(11-13-21)28(2)32(29,30)22-14-8-19(9-15-22)23(24,25)26/h8-9,14-15,20-21,27H,3-7,10-13,16-18H2,1-2H3/t20-,21-. The largest absolute Gasteiger partial charge is 0.416 e. The van der Waals surface area contributed by atoms with E-state index < -0.39 is 21.8 Å². The highest BCUT2D eigenvalue weighted by Crippen LogP contribution is 2.32. The molecule has 5 nitrogen and oxygen atoms in total. The van der Waals surface area contributed by atoms with Crippen molar-refractivity contribution in [3.8, 4) is 0 Å². The van der Waals surface area contributed by atoms with Crippen LogP contribution in [0.5, 0.6) is 0 Å². The van der Waals surface area contributed by atoms with E-state index in [1.165, 1.54) is 30.6 Å². The molecule has 1 saturated carbocycles. The van der Waals surface area contributed by atoms with E-state index >= 15 is 0 Å². The molecule has 0 aromatic heterocycles. The summed E-state index contributed by atoms with van der Waals surface area (Å²) in [6.07, 6.45) is 4.38. The maximum absolute atomic E-state index is 12.8. The lowest BCUT2D eigenvalue weighted by molar-refractivity contribution is -0.137. The number of hydrogen-bond donors (Lipinski definition) is 1. The molecule has 184 valence electrons. The van der Waals surface area contributed by atoms with Crippen LogP contribution in [-0.4, -0.2) is 51.6 Å². The van der Waals surface area contributed by atoms with Crippen LogP contribution in [0.3, 0.4) is 0 Å². The van der Waals surface area contributed by atoms with Gasteiger partial charge in [0.1, 0.15) is 0 Å². The molecule has 32 heavy (non-hydrogen) atoms. The predicted octanol–water partition coefficient (Wildman–Crippen LogP) is 5.21. The van der Waals surface area contributed by atoms with Gasteiger partial charge in [0.25, 0.3) is 0 Å². The van der Waals surface area contributed by atoms with Gasteiger partial charge in [0.2, 0.25) is 10.0 Å². The molecule has 1 N–H and O–H groups in total. The van der Waals surface area contributed by atoms with Crippen LogP contribution < -0.4 is 5.32 Å². The van der Waals surface area contributed by atoms with Crippen molar-refractivity contribution in [3.05, 3.63) is 29.8 Å². The first-order chi connectivity index (χ1) is 15.2. The number of unbranched alkanes of at least 4 members (excludes halogenated alkanes) is 3. The van der Waals surface area contributed by atoms with Gasteiger partial charge in [-0.1, -0.05) is 19.8 Å². The van der Waals surface area contributed by atoms with Gasteiger partial charge in [0.15, 0.2) is 0 Å². The van der Waals surface area contributed by atoms with Crippen LogP contribution >= 0.6 is 0 Å². The molecule has 9 heteroatoms. The normalized spacial score (nSPS) is 20.1. The Hall–Kier alpha value is -1.16. The number of hydrogen-bond acceptors (Lipinski definition) is 4. The van der Waals surface area contributed by atoms with Crippen molar-refractivity contribution in [1.82, 2.24) is 9.62 Å². The molecule has 0 atom stereocenters. The van der Waals surface area contributed by atoms with Gasteiger partial charge in [-0.05, 0) is 82.3 Å². The molecule has 0 bridgehead atoms. The molecule has 1 fully saturated rings. The minimum atomic E-state index is -4.49. The Balaban J connectivity index is 1.71. The van der Waals surface area contributed by atoms with Gasteiger partial charge < -0.3 is 10.1 Å². The second-order valence-electron chi connectivity index (χ2n) is 8.51. The van der Waals surface area contributed by atoms with E-state index in [1.54, 1.807) is 0 Å². The fourth-order valence-electron chi connectivity index (χ4n) is 3.98. The van der Waals surface area contributed by atoms with Crippen molar-refractivity contribution in [2.75, 3.05) is 26.7 Å². The van der Waals surface area contributed by atoms with Gasteiger partial charge in [-0.3, -0.25) is 0 Å². The molecule has 2 rings (SSSR count). The van der Waals surface area contributed by atoms with Crippen molar-refractivity contribution in [1.29, 1.82) is 0 Å². The molecule has 0 spiro atoms. The Morgan fingerprint density at radius 1 is 1.00 bits per heavy atom. The third kappa shape index (κ3) is 8.32. The maximum Gasteiger partial charge on any atom is 0.416 e. The van der Waals surface area contributed by atoms with Gasteiger partial charge in [0.05, 0.1) is 16.6 Å². The van der Waals surface area contributed by atoms with Crippen LogP contribution in [0.1, 0.15) is 70.3 Å². The zero-order valence-corrected chi connectivity index (χ0v) is 20.0.